The van der Waals surface area contributed by atoms with Gasteiger partial charge in [-0.15, -0.1) is 18.3 Å². The standard InChI is InChI=1S/C8H14N2OS/c1-2-3-8(11)10-6-12-5-7(10)4-9/h2,7H,1,3-6,9H2. The first kappa shape index (κ1) is 9.61. The van der Waals surface area contributed by atoms with Gasteiger partial charge in [-0.2, -0.15) is 0 Å². The van der Waals surface area contributed by atoms with E-state index < -0.39 is 0 Å². The molecule has 1 heterocycles. The summed E-state index contributed by atoms with van der Waals surface area (Å²) in [6.07, 6.45) is 2.07. The number of rotatable bonds is 3. The molecule has 68 valence electrons. The number of carbonyl (C=O) groups is 1. The van der Waals surface area contributed by atoms with E-state index in [0.29, 0.717) is 13.0 Å². The highest BCUT2D eigenvalue weighted by atomic mass is 32.2. The van der Waals surface area contributed by atoms with E-state index in [9.17, 15) is 4.79 Å². The van der Waals surface area contributed by atoms with E-state index in [1.54, 1.807) is 17.8 Å². The summed E-state index contributed by atoms with van der Waals surface area (Å²) in [5.41, 5.74) is 5.53. The molecular weight excluding hydrogens is 172 g/mol. The summed E-state index contributed by atoms with van der Waals surface area (Å²) in [6, 6.07) is 0.238. The van der Waals surface area contributed by atoms with Crippen LogP contribution in [0, 0.1) is 0 Å². The number of amides is 1. The monoisotopic (exact) mass is 186 g/mol. The van der Waals surface area contributed by atoms with Gasteiger partial charge in [0.15, 0.2) is 0 Å². The molecule has 3 nitrogen and oxygen atoms in total. The van der Waals surface area contributed by atoms with Gasteiger partial charge < -0.3 is 10.6 Å². The minimum absolute atomic E-state index is 0.144. The Balaban J connectivity index is 2.48. The van der Waals surface area contributed by atoms with Crippen molar-refractivity contribution in [2.45, 2.75) is 12.5 Å². The molecule has 0 aromatic carbocycles. The molecular formula is C8H14N2OS. The second kappa shape index (κ2) is 4.52. The van der Waals surface area contributed by atoms with Crippen LogP contribution in [0.2, 0.25) is 0 Å². The van der Waals surface area contributed by atoms with Crippen LogP contribution in [0.5, 0.6) is 0 Å². The van der Waals surface area contributed by atoms with E-state index >= 15 is 0 Å². The van der Waals surface area contributed by atoms with Crippen molar-refractivity contribution in [3.63, 3.8) is 0 Å². The van der Waals surface area contributed by atoms with E-state index in [0.717, 1.165) is 11.6 Å². The first-order chi connectivity index (χ1) is 5.79. The third-order valence-corrected chi connectivity index (χ3v) is 2.97. The lowest BCUT2D eigenvalue weighted by atomic mass is 10.2. The quantitative estimate of drug-likeness (QED) is 0.650. The third-order valence-electron chi connectivity index (χ3n) is 1.89. The molecule has 1 aliphatic heterocycles. The van der Waals surface area contributed by atoms with Gasteiger partial charge in [-0.1, -0.05) is 6.08 Å². The molecule has 0 spiro atoms. The number of nitrogens with two attached hydrogens (primary N) is 1. The van der Waals surface area contributed by atoms with Crippen LogP contribution >= 0.6 is 11.8 Å². The van der Waals surface area contributed by atoms with Crippen LogP contribution in [0.3, 0.4) is 0 Å². The van der Waals surface area contributed by atoms with E-state index in [1.807, 2.05) is 4.90 Å². The summed E-state index contributed by atoms with van der Waals surface area (Å²) in [7, 11) is 0. The molecule has 0 aromatic rings. The van der Waals surface area contributed by atoms with Gasteiger partial charge >= 0.3 is 0 Å². The average Bonchev–Trinajstić information content (AvgIpc) is 2.51. The highest BCUT2D eigenvalue weighted by Crippen LogP contribution is 2.20. The van der Waals surface area contributed by atoms with Gasteiger partial charge in [0.1, 0.15) is 0 Å². The molecule has 1 aliphatic rings. The Morgan fingerprint density at radius 3 is 3.17 bits per heavy atom. The molecule has 1 atom stereocenters. The molecule has 1 fully saturated rings. The molecule has 1 unspecified atom stereocenters. The van der Waals surface area contributed by atoms with Crippen LogP contribution in [0.15, 0.2) is 12.7 Å². The number of hydrogen-bond acceptors (Lipinski definition) is 3. The van der Waals surface area contributed by atoms with Crippen molar-refractivity contribution in [3.05, 3.63) is 12.7 Å². The maximum Gasteiger partial charge on any atom is 0.227 e. The first-order valence-electron chi connectivity index (χ1n) is 3.97. The van der Waals surface area contributed by atoms with Gasteiger partial charge in [-0.25, -0.2) is 0 Å². The lowest BCUT2D eigenvalue weighted by Gasteiger charge is -2.21. The number of thioether (sulfide) groups is 1. The number of carbonyl (C=O) groups excluding carboxylic acids is 1. The van der Waals surface area contributed by atoms with Gasteiger partial charge in [-0.3, -0.25) is 4.79 Å². The van der Waals surface area contributed by atoms with E-state index in [4.69, 9.17) is 5.73 Å². The maximum absolute atomic E-state index is 11.4. The summed E-state index contributed by atoms with van der Waals surface area (Å²) in [5.74, 6) is 1.90. The predicted octanol–water partition coefficient (Wildman–Crippen LogP) is 0.423. The van der Waals surface area contributed by atoms with E-state index in [2.05, 4.69) is 6.58 Å². The first-order valence-corrected chi connectivity index (χ1v) is 5.13. The van der Waals surface area contributed by atoms with Crippen molar-refractivity contribution >= 4 is 17.7 Å². The Bertz CT molecular complexity index is 184. The molecule has 0 radical (unpaired) electrons. The predicted molar refractivity (Wildman–Crippen MR) is 51.8 cm³/mol. The third kappa shape index (κ3) is 2.01. The highest BCUT2D eigenvalue weighted by Gasteiger charge is 2.26. The maximum atomic E-state index is 11.4. The van der Waals surface area contributed by atoms with Crippen molar-refractivity contribution < 1.29 is 4.79 Å². The van der Waals surface area contributed by atoms with E-state index in [-0.39, 0.29) is 11.9 Å². The Morgan fingerprint density at radius 2 is 2.58 bits per heavy atom. The lowest BCUT2D eigenvalue weighted by molar-refractivity contribution is -0.130. The second-order valence-electron chi connectivity index (χ2n) is 2.75. The molecule has 1 saturated heterocycles. The van der Waals surface area contributed by atoms with Crippen molar-refractivity contribution in [1.82, 2.24) is 4.90 Å². The van der Waals surface area contributed by atoms with Gasteiger partial charge in [0.2, 0.25) is 5.91 Å². The van der Waals surface area contributed by atoms with Crippen LogP contribution in [0.1, 0.15) is 6.42 Å². The van der Waals surface area contributed by atoms with Crippen LogP contribution in [-0.4, -0.2) is 35.0 Å². The van der Waals surface area contributed by atoms with Crippen LogP contribution in [0.25, 0.3) is 0 Å². The Hall–Kier alpha value is -0.480. The Labute approximate surface area is 77.0 Å². The van der Waals surface area contributed by atoms with Crippen molar-refractivity contribution in [3.8, 4) is 0 Å². The number of nitrogens with zero attached hydrogens (tertiary/aromatic N) is 1. The molecule has 0 aromatic heterocycles. The van der Waals surface area contributed by atoms with Crippen molar-refractivity contribution in [1.29, 1.82) is 0 Å². The summed E-state index contributed by atoms with van der Waals surface area (Å²) >= 11 is 1.76. The molecule has 0 saturated carbocycles. The largest absolute Gasteiger partial charge is 0.328 e. The molecule has 0 bridgehead atoms. The summed E-state index contributed by atoms with van der Waals surface area (Å²) in [6.45, 7) is 4.10. The normalized spacial score (nSPS) is 22.8. The zero-order valence-electron chi connectivity index (χ0n) is 7.03. The molecule has 12 heavy (non-hydrogen) atoms. The minimum Gasteiger partial charge on any atom is -0.328 e. The zero-order valence-corrected chi connectivity index (χ0v) is 7.85. The highest BCUT2D eigenvalue weighted by molar-refractivity contribution is 7.99. The zero-order chi connectivity index (χ0) is 8.97. The van der Waals surface area contributed by atoms with Crippen molar-refractivity contribution in [2.24, 2.45) is 5.73 Å². The fourth-order valence-corrected chi connectivity index (χ4v) is 2.44. The summed E-state index contributed by atoms with van der Waals surface area (Å²) < 4.78 is 0. The number of hydrogen-bond donors (Lipinski definition) is 1. The molecule has 4 heteroatoms. The average molecular weight is 186 g/mol. The van der Waals surface area contributed by atoms with Gasteiger partial charge in [0.25, 0.3) is 0 Å². The van der Waals surface area contributed by atoms with Gasteiger partial charge in [-0.05, 0) is 0 Å². The van der Waals surface area contributed by atoms with Crippen LogP contribution in [-0.2, 0) is 4.79 Å². The molecule has 0 aliphatic carbocycles. The van der Waals surface area contributed by atoms with Crippen LogP contribution in [0.4, 0.5) is 0 Å². The summed E-state index contributed by atoms with van der Waals surface area (Å²) in [5, 5.41) is 0. The minimum atomic E-state index is 0.144. The smallest absolute Gasteiger partial charge is 0.227 e. The second-order valence-corrected chi connectivity index (χ2v) is 3.75. The fraction of sp³-hybridized carbons (Fsp3) is 0.625. The van der Waals surface area contributed by atoms with E-state index in [1.165, 1.54) is 0 Å². The molecule has 1 amide bonds. The fourth-order valence-electron chi connectivity index (χ4n) is 1.19. The Kier molecular flexibility index (Phi) is 3.62. The van der Waals surface area contributed by atoms with Gasteiger partial charge in [0.05, 0.1) is 11.9 Å². The molecule has 2 N–H and O–H groups in total. The van der Waals surface area contributed by atoms with Gasteiger partial charge in [0, 0.05) is 18.7 Å². The lowest BCUT2D eigenvalue weighted by Crippen LogP contribution is -2.40. The van der Waals surface area contributed by atoms with Crippen LogP contribution < -0.4 is 5.73 Å². The summed E-state index contributed by atoms with van der Waals surface area (Å²) in [4.78, 5) is 13.2. The topological polar surface area (TPSA) is 46.3 Å². The SMILES string of the molecule is C=CCC(=O)N1CSCC1CN. The molecule has 1 rings (SSSR count). The van der Waals surface area contributed by atoms with Crippen molar-refractivity contribution in [2.75, 3.05) is 18.2 Å². The Morgan fingerprint density at radius 1 is 1.83 bits per heavy atom.